The van der Waals surface area contributed by atoms with Gasteiger partial charge in [-0.15, -0.1) is 0 Å². The fourth-order valence-electron chi connectivity index (χ4n) is 6.73. The molecule has 8 heteroatoms. The Balaban J connectivity index is 1.59. The Kier molecular flexibility index (Phi) is 7.22. The standard InChI is InChI=1S/C30H39N3O5/c1-5-20(4)22(18-34)33-26-29(37)32(19(2)3)16-10-14-30(26)25(28(33)36)24-23(38-30)13-9-15-31(27(24)35)17-21-11-7-6-8-12-21/h6-14,19-20,22-26,34H,5,15-18H2,1-4H3/t20-,22-,23+,24-,25-,26?,30-/m0/s1. The van der Waals surface area contributed by atoms with E-state index in [1.165, 1.54) is 0 Å². The summed E-state index contributed by atoms with van der Waals surface area (Å²) >= 11 is 0. The summed E-state index contributed by atoms with van der Waals surface area (Å²) < 4.78 is 6.70. The quantitative estimate of drug-likeness (QED) is 0.557. The van der Waals surface area contributed by atoms with E-state index in [9.17, 15) is 19.5 Å². The molecular weight excluding hydrogens is 482 g/mol. The number of amides is 3. The molecule has 4 heterocycles. The Labute approximate surface area is 224 Å². The monoisotopic (exact) mass is 521 g/mol. The fraction of sp³-hybridized carbons (Fsp3) is 0.567. The van der Waals surface area contributed by atoms with Crippen molar-refractivity contribution >= 4 is 17.7 Å². The summed E-state index contributed by atoms with van der Waals surface area (Å²) in [6.45, 7) is 8.88. The number of aliphatic hydroxyl groups excluding tert-OH is 1. The van der Waals surface area contributed by atoms with Crippen molar-refractivity contribution in [3.63, 3.8) is 0 Å². The Morgan fingerprint density at radius 1 is 1.03 bits per heavy atom. The van der Waals surface area contributed by atoms with Gasteiger partial charge < -0.3 is 24.5 Å². The van der Waals surface area contributed by atoms with Gasteiger partial charge in [-0.2, -0.15) is 0 Å². The van der Waals surface area contributed by atoms with Gasteiger partial charge >= 0.3 is 0 Å². The molecule has 4 aliphatic rings. The van der Waals surface area contributed by atoms with Crippen molar-refractivity contribution in [3.8, 4) is 0 Å². The summed E-state index contributed by atoms with van der Waals surface area (Å²) in [6, 6.07) is 8.22. The molecule has 1 N–H and O–H groups in total. The normalized spacial score (nSPS) is 32.3. The summed E-state index contributed by atoms with van der Waals surface area (Å²) in [6.07, 6.45) is 7.70. The summed E-state index contributed by atoms with van der Waals surface area (Å²) in [7, 11) is 0. The zero-order chi connectivity index (χ0) is 27.2. The molecule has 1 aromatic rings. The topological polar surface area (TPSA) is 90.4 Å². The van der Waals surface area contributed by atoms with E-state index in [-0.39, 0.29) is 36.3 Å². The highest BCUT2D eigenvalue weighted by Gasteiger charge is 2.72. The van der Waals surface area contributed by atoms with Gasteiger partial charge in [-0.3, -0.25) is 14.4 Å². The smallest absolute Gasteiger partial charge is 0.249 e. The molecule has 0 radical (unpaired) electrons. The Morgan fingerprint density at radius 2 is 1.76 bits per heavy atom. The molecule has 7 atom stereocenters. The van der Waals surface area contributed by atoms with Crippen molar-refractivity contribution in [2.24, 2.45) is 17.8 Å². The lowest BCUT2D eigenvalue weighted by atomic mass is 9.77. The number of likely N-dealkylation sites (tertiary alicyclic amines) is 1. The van der Waals surface area contributed by atoms with E-state index in [0.717, 1.165) is 12.0 Å². The number of hydrogen-bond donors (Lipinski definition) is 1. The van der Waals surface area contributed by atoms with Crippen LogP contribution in [0.25, 0.3) is 0 Å². The van der Waals surface area contributed by atoms with Crippen LogP contribution in [0, 0.1) is 17.8 Å². The van der Waals surface area contributed by atoms with Gasteiger partial charge in [0.2, 0.25) is 17.7 Å². The molecule has 5 rings (SSSR count). The second-order valence-corrected chi connectivity index (χ2v) is 11.3. The molecule has 204 valence electrons. The Morgan fingerprint density at radius 3 is 2.42 bits per heavy atom. The first-order chi connectivity index (χ1) is 18.2. The maximum atomic E-state index is 14.4. The molecule has 3 amide bonds. The molecule has 1 spiro atoms. The van der Waals surface area contributed by atoms with E-state index >= 15 is 0 Å². The third-order valence-corrected chi connectivity index (χ3v) is 8.90. The molecule has 4 aliphatic heterocycles. The molecular formula is C30H39N3O5. The maximum absolute atomic E-state index is 14.4. The van der Waals surface area contributed by atoms with Gasteiger partial charge in [-0.05, 0) is 25.3 Å². The molecule has 2 fully saturated rings. The summed E-state index contributed by atoms with van der Waals surface area (Å²) in [5.74, 6) is -2.27. The molecule has 0 bridgehead atoms. The van der Waals surface area contributed by atoms with Crippen LogP contribution < -0.4 is 0 Å². The summed E-state index contributed by atoms with van der Waals surface area (Å²) in [4.78, 5) is 47.8. The number of carbonyl (C=O) groups is 3. The predicted octanol–water partition coefficient (Wildman–Crippen LogP) is 2.38. The van der Waals surface area contributed by atoms with Crippen molar-refractivity contribution in [1.82, 2.24) is 14.7 Å². The molecule has 1 unspecified atom stereocenters. The van der Waals surface area contributed by atoms with E-state index < -0.39 is 35.6 Å². The summed E-state index contributed by atoms with van der Waals surface area (Å²) in [5.41, 5.74) is -0.267. The zero-order valence-corrected chi connectivity index (χ0v) is 22.7. The number of rotatable bonds is 7. The SMILES string of the molecule is CC[C@H](C)[C@H](CO)N1C(=O)[C@@H]2[C@H]3C(=O)N(Cc4ccccc4)CC=C[C@H]3O[C@@]23C=CCN(C(C)C)C(=O)C13. The van der Waals surface area contributed by atoms with E-state index in [2.05, 4.69) is 0 Å². The average Bonchev–Trinajstić information content (AvgIpc) is 3.22. The van der Waals surface area contributed by atoms with Crippen molar-refractivity contribution < 1.29 is 24.2 Å². The molecule has 0 aromatic heterocycles. The van der Waals surface area contributed by atoms with Crippen LogP contribution in [0.3, 0.4) is 0 Å². The fourth-order valence-corrected chi connectivity index (χ4v) is 6.73. The predicted molar refractivity (Wildman–Crippen MR) is 143 cm³/mol. The van der Waals surface area contributed by atoms with Crippen LogP contribution in [0.2, 0.25) is 0 Å². The van der Waals surface area contributed by atoms with Gasteiger partial charge in [0.25, 0.3) is 0 Å². The minimum absolute atomic E-state index is 0.0394. The minimum atomic E-state index is -1.27. The van der Waals surface area contributed by atoms with E-state index in [0.29, 0.717) is 19.6 Å². The zero-order valence-electron chi connectivity index (χ0n) is 22.7. The molecule has 0 saturated carbocycles. The first-order valence-corrected chi connectivity index (χ1v) is 13.8. The number of carbonyl (C=O) groups excluding carboxylic acids is 3. The highest BCUT2D eigenvalue weighted by atomic mass is 16.5. The van der Waals surface area contributed by atoms with Crippen LogP contribution in [-0.2, 0) is 25.7 Å². The number of nitrogens with zero attached hydrogens (tertiary/aromatic N) is 3. The first-order valence-electron chi connectivity index (χ1n) is 13.8. The van der Waals surface area contributed by atoms with E-state index in [1.807, 2.05) is 82.3 Å². The highest BCUT2D eigenvalue weighted by Crippen LogP contribution is 2.54. The van der Waals surface area contributed by atoms with Crippen molar-refractivity contribution in [1.29, 1.82) is 0 Å². The van der Waals surface area contributed by atoms with Crippen LogP contribution in [0.15, 0.2) is 54.6 Å². The number of fused-ring (bicyclic) bond motifs is 2. The molecule has 2 saturated heterocycles. The van der Waals surface area contributed by atoms with Crippen molar-refractivity contribution in [2.75, 3.05) is 19.7 Å². The van der Waals surface area contributed by atoms with E-state index in [1.54, 1.807) is 14.7 Å². The average molecular weight is 522 g/mol. The van der Waals surface area contributed by atoms with Gasteiger partial charge in [0.1, 0.15) is 11.6 Å². The second kappa shape index (κ2) is 10.3. The summed E-state index contributed by atoms with van der Waals surface area (Å²) in [5, 5.41) is 10.5. The number of benzene rings is 1. The number of aliphatic hydroxyl groups is 1. The third-order valence-electron chi connectivity index (χ3n) is 8.90. The lowest BCUT2D eigenvalue weighted by Crippen LogP contribution is -2.60. The molecule has 38 heavy (non-hydrogen) atoms. The minimum Gasteiger partial charge on any atom is -0.394 e. The Bertz CT molecular complexity index is 1130. The second-order valence-electron chi connectivity index (χ2n) is 11.3. The highest BCUT2D eigenvalue weighted by molar-refractivity contribution is 6.00. The van der Waals surface area contributed by atoms with Crippen LogP contribution in [0.4, 0.5) is 0 Å². The largest absolute Gasteiger partial charge is 0.394 e. The number of hydrogen-bond acceptors (Lipinski definition) is 5. The van der Waals surface area contributed by atoms with Gasteiger partial charge in [0, 0.05) is 25.7 Å². The molecule has 1 aromatic carbocycles. The lowest BCUT2D eigenvalue weighted by Gasteiger charge is -2.41. The molecule has 8 nitrogen and oxygen atoms in total. The first kappa shape index (κ1) is 26.6. The van der Waals surface area contributed by atoms with Gasteiger partial charge in [-0.1, -0.05) is 74.9 Å². The van der Waals surface area contributed by atoms with Crippen LogP contribution in [0.5, 0.6) is 0 Å². The Hall–Kier alpha value is -2.97. The van der Waals surface area contributed by atoms with Crippen LogP contribution in [0.1, 0.15) is 39.7 Å². The van der Waals surface area contributed by atoms with Crippen LogP contribution in [-0.4, -0.2) is 87.1 Å². The van der Waals surface area contributed by atoms with Gasteiger partial charge in [0.15, 0.2) is 0 Å². The third kappa shape index (κ3) is 4.09. The number of ether oxygens (including phenoxy) is 1. The van der Waals surface area contributed by atoms with Crippen LogP contribution >= 0.6 is 0 Å². The van der Waals surface area contributed by atoms with E-state index in [4.69, 9.17) is 4.74 Å². The lowest BCUT2D eigenvalue weighted by molar-refractivity contribution is -0.153. The van der Waals surface area contributed by atoms with Gasteiger partial charge in [-0.25, -0.2) is 0 Å². The van der Waals surface area contributed by atoms with Crippen molar-refractivity contribution in [2.45, 2.75) is 70.5 Å². The van der Waals surface area contributed by atoms with Crippen molar-refractivity contribution in [3.05, 3.63) is 60.2 Å². The maximum Gasteiger partial charge on any atom is 0.249 e. The van der Waals surface area contributed by atoms with Gasteiger partial charge in [0.05, 0.1) is 30.6 Å². The molecule has 0 aliphatic carbocycles.